The van der Waals surface area contributed by atoms with Gasteiger partial charge < -0.3 is 10.2 Å². The molecule has 0 aromatic heterocycles. The van der Waals surface area contributed by atoms with Gasteiger partial charge in [-0.2, -0.15) is 0 Å². The molecule has 9 heteroatoms. The van der Waals surface area contributed by atoms with E-state index in [4.69, 9.17) is 11.6 Å². The van der Waals surface area contributed by atoms with E-state index in [1.54, 1.807) is 42.5 Å². The molecule has 0 aliphatic carbocycles. The molecule has 0 radical (unpaired) electrons. The van der Waals surface area contributed by atoms with Gasteiger partial charge >= 0.3 is 0 Å². The molecule has 39 heavy (non-hydrogen) atoms. The van der Waals surface area contributed by atoms with Crippen molar-refractivity contribution in [1.29, 1.82) is 0 Å². The number of hydrogen-bond donors (Lipinski definition) is 1. The number of aryl methyl sites for hydroxylation is 1. The average Bonchev–Trinajstić information content (AvgIpc) is 2.93. The summed E-state index contributed by atoms with van der Waals surface area (Å²) in [5, 5.41) is 3.38. The minimum Gasteiger partial charge on any atom is -0.354 e. The summed E-state index contributed by atoms with van der Waals surface area (Å²) in [7, 11) is -4.10. The molecular formula is C30H36ClN3O4S. The smallest absolute Gasteiger partial charge is 0.264 e. The lowest BCUT2D eigenvalue weighted by Gasteiger charge is -2.33. The Hall–Kier alpha value is -3.36. The highest BCUT2D eigenvalue weighted by Gasteiger charge is 2.33. The number of halogens is 1. The number of amides is 2. The summed E-state index contributed by atoms with van der Waals surface area (Å²) in [6, 6.07) is 21.1. The molecule has 3 rings (SSSR count). The number of nitrogens with zero attached hydrogens (tertiary/aromatic N) is 2. The van der Waals surface area contributed by atoms with Gasteiger partial charge in [0, 0.05) is 18.1 Å². The number of unbranched alkanes of at least 4 members (excludes halogenated alkanes) is 1. The predicted octanol–water partition coefficient (Wildman–Crippen LogP) is 5.57. The molecule has 1 unspecified atom stereocenters. The van der Waals surface area contributed by atoms with E-state index < -0.39 is 28.5 Å². The van der Waals surface area contributed by atoms with E-state index in [9.17, 15) is 18.0 Å². The minimum absolute atomic E-state index is 0.0579. The average molecular weight is 570 g/mol. The van der Waals surface area contributed by atoms with Crippen LogP contribution >= 0.6 is 11.6 Å². The van der Waals surface area contributed by atoms with E-state index in [0.717, 1.165) is 28.3 Å². The molecule has 208 valence electrons. The lowest BCUT2D eigenvalue weighted by atomic mass is 10.1. The van der Waals surface area contributed by atoms with Crippen molar-refractivity contribution in [2.45, 2.75) is 57.5 Å². The maximum absolute atomic E-state index is 14.0. The zero-order valence-electron chi connectivity index (χ0n) is 22.6. The number of benzene rings is 3. The second kappa shape index (κ2) is 14.1. The lowest BCUT2D eigenvalue weighted by Crippen LogP contribution is -2.52. The van der Waals surface area contributed by atoms with Gasteiger partial charge in [0.05, 0.1) is 10.6 Å². The second-order valence-corrected chi connectivity index (χ2v) is 11.6. The molecule has 0 aliphatic rings. The second-order valence-electron chi connectivity index (χ2n) is 9.32. The highest BCUT2D eigenvalue weighted by Crippen LogP contribution is 2.26. The fourth-order valence-corrected chi connectivity index (χ4v) is 5.81. The van der Waals surface area contributed by atoms with E-state index >= 15 is 0 Å². The fraction of sp³-hybridized carbons (Fsp3) is 0.333. The third-order valence-corrected chi connectivity index (χ3v) is 8.58. The first-order valence-electron chi connectivity index (χ1n) is 13.1. The highest BCUT2D eigenvalue weighted by molar-refractivity contribution is 7.92. The molecule has 7 nitrogen and oxygen atoms in total. The Labute approximate surface area is 236 Å². The van der Waals surface area contributed by atoms with Gasteiger partial charge in [-0.15, -0.1) is 0 Å². The number of sulfonamides is 1. The predicted molar refractivity (Wildman–Crippen MR) is 156 cm³/mol. The molecule has 0 aliphatic heterocycles. The summed E-state index contributed by atoms with van der Waals surface area (Å²) in [5.41, 5.74) is 2.16. The van der Waals surface area contributed by atoms with Gasteiger partial charge in [0.2, 0.25) is 11.8 Å². The maximum atomic E-state index is 14.0. The van der Waals surface area contributed by atoms with Crippen molar-refractivity contribution in [2.24, 2.45) is 0 Å². The topological polar surface area (TPSA) is 86.8 Å². The molecule has 0 spiro atoms. The molecule has 1 atom stereocenters. The first-order valence-corrected chi connectivity index (χ1v) is 15.0. The highest BCUT2D eigenvalue weighted by atomic mass is 35.5. The van der Waals surface area contributed by atoms with Crippen molar-refractivity contribution in [3.63, 3.8) is 0 Å². The Morgan fingerprint density at radius 1 is 0.923 bits per heavy atom. The number of carbonyl (C=O) groups is 2. The monoisotopic (exact) mass is 569 g/mol. The number of anilines is 1. The quantitative estimate of drug-likeness (QED) is 0.273. The minimum atomic E-state index is -4.10. The van der Waals surface area contributed by atoms with Crippen LogP contribution in [-0.2, 0) is 26.2 Å². The first kappa shape index (κ1) is 30.2. The van der Waals surface area contributed by atoms with E-state index in [1.807, 2.05) is 45.0 Å². The van der Waals surface area contributed by atoms with Crippen LogP contribution in [0.25, 0.3) is 0 Å². The number of hydrogen-bond acceptors (Lipinski definition) is 4. The number of rotatable bonds is 13. The summed E-state index contributed by atoms with van der Waals surface area (Å²) in [5.74, 6) is -0.734. The Morgan fingerprint density at radius 2 is 1.56 bits per heavy atom. The third-order valence-electron chi connectivity index (χ3n) is 6.54. The fourth-order valence-electron chi connectivity index (χ4n) is 4.25. The Bertz CT molecular complexity index is 1350. The van der Waals surface area contributed by atoms with Crippen molar-refractivity contribution < 1.29 is 18.0 Å². The molecule has 0 saturated carbocycles. The Morgan fingerprint density at radius 3 is 2.18 bits per heavy atom. The molecule has 1 N–H and O–H groups in total. The molecule has 3 aromatic rings. The summed E-state index contributed by atoms with van der Waals surface area (Å²) < 4.78 is 28.6. The normalized spacial score (nSPS) is 12.0. The van der Waals surface area contributed by atoms with Crippen LogP contribution in [0.3, 0.4) is 0 Å². The standard InChI is InChI=1S/C30H36ClN3O4S/c1-4-6-20-32-30(36)28(5-2)33(21-24-13-11-10-12-23(24)3)29(35)22-34(26-18-16-25(31)17-19-26)39(37,38)27-14-8-7-9-15-27/h7-19,28H,4-6,20-22H2,1-3H3,(H,32,36). The molecule has 0 fully saturated rings. The van der Waals surface area contributed by atoms with Crippen molar-refractivity contribution >= 4 is 39.1 Å². The van der Waals surface area contributed by atoms with Crippen molar-refractivity contribution in [3.05, 3.63) is 95.0 Å². The summed E-state index contributed by atoms with van der Waals surface area (Å²) in [6.45, 7) is 6.03. The summed E-state index contributed by atoms with van der Waals surface area (Å²) >= 11 is 6.07. The van der Waals surface area contributed by atoms with E-state index in [0.29, 0.717) is 23.7 Å². The van der Waals surface area contributed by atoms with Crippen LogP contribution in [0.2, 0.25) is 5.02 Å². The number of carbonyl (C=O) groups excluding carboxylic acids is 2. The molecular weight excluding hydrogens is 534 g/mol. The van der Waals surface area contributed by atoms with E-state index in [-0.39, 0.29) is 17.3 Å². The van der Waals surface area contributed by atoms with Gasteiger partial charge in [-0.3, -0.25) is 13.9 Å². The molecule has 0 saturated heterocycles. The largest absolute Gasteiger partial charge is 0.354 e. The number of nitrogens with one attached hydrogen (secondary N) is 1. The van der Waals surface area contributed by atoms with Crippen molar-refractivity contribution in [2.75, 3.05) is 17.4 Å². The maximum Gasteiger partial charge on any atom is 0.264 e. The SMILES string of the molecule is CCCCNC(=O)C(CC)N(Cc1ccccc1C)C(=O)CN(c1ccc(Cl)cc1)S(=O)(=O)c1ccccc1. The molecule has 0 heterocycles. The molecule has 3 aromatic carbocycles. The summed E-state index contributed by atoms with van der Waals surface area (Å²) in [6.07, 6.45) is 2.13. The zero-order chi connectivity index (χ0) is 28.4. The van der Waals surface area contributed by atoms with Crippen LogP contribution in [0.15, 0.2) is 83.8 Å². The zero-order valence-corrected chi connectivity index (χ0v) is 24.2. The Balaban J connectivity index is 2.02. The van der Waals surface area contributed by atoms with Crippen LogP contribution in [0.5, 0.6) is 0 Å². The molecule has 0 bridgehead atoms. The van der Waals surface area contributed by atoms with Gasteiger partial charge in [-0.1, -0.05) is 74.3 Å². The van der Waals surface area contributed by atoms with Crippen molar-refractivity contribution in [1.82, 2.24) is 10.2 Å². The van der Waals surface area contributed by atoms with Gasteiger partial charge in [-0.25, -0.2) is 8.42 Å². The van der Waals surface area contributed by atoms with Gasteiger partial charge in [0.1, 0.15) is 12.6 Å². The Kier molecular flexibility index (Phi) is 10.9. The van der Waals surface area contributed by atoms with Gasteiger partial charge in [0.25, 0.3) is 10.0 Å². The van der Waals surface area contributed by atoms with Crippen LogP contribution < -0.4 is 9.62 Å². The lowest BCUT2D eigenvalue weighted by molar-refractivity contribution is -0.140. The summed E-state index contributed by atoms with van der Waals surface area (Å²) in [4.78, 5) is 28.8. The van der Waals surface area contributed by atoms with Crippen LogP contribution in [0.1, 0.15) is 44.2 Å². The van der Waals surface area contributed by atoms with E-state index in [1.165, 1.54) is 17.0 Å². The molecule has 2 amide bonds. The third kappa shape index (κ3) is 7.83. The van der Waals surface area contributed by atoms with Gasteiger partial charge in [-0.05, 0) is 67.3 Å². The van der Waals surface area contributed by atoms with Crippen LogP contribution in [0.4, 0.5) is 5.69 Å². The van der Waals surface area contributed by atoms with E-state index in [2.05, 4.69) is 5.32 Å². The first-order chi connectivity index (χ1) is 18.7. The van der Waals surface area contributed by atoms with Gasteiger partial charge in [0.15, 0.2) is 0 Å². The van der Waals surface area contributed by atoms with Crippen LogP contribution in [0, 0.1) is 6.92 Å². The van der Waals surface area contributed by atoms with Crippen molar-refractivity contribution in [3.8, 4) is 0 Å². The van der Waals surface area contributed by atoms with Crippen LogP contribution in [-0.4, -0.2) is 44.3 Å².